The van der Waals surface area contributed by atoms with Crippen LogP contribution in [0.1, 0.15) is 61.1 Å². The van der Waals surface area contributed by atoms with E-state index in [0.29, 0.717) is 12.3 Å². The van der Waals surface area contributed by atoms with Gasteiger partial charge in [0.05, 0.1) is 6.42 Å². The van der Waals surface area contributed by atoms with E-state index in [1.165, 1.54) is 55.2 Å². The minimum Gasteiger partial charge on any atom is -0.311 e. The smallest absolute Gasteiger partial charge is 0.231 e. The third kappa shape index (κ3) is 6.54. The van der Waals surface area contributed by atoms with Crippen LogP contribution in [0.4, 0.5) is 5.69 Å². The van der Waals surface area contributed by atoms with Gasteiger partial charge in [-0.15, -0.1) is 24.8 Å². The van der Waals surface area contributed by atoms with Crippen molar-refractivity contribution >= 4 is 36.4 Å². The van der Waals surface area contributed by atoms with Gasteiger partial charge in [0, 0.05) is 51.5 Å². The Bertz CT molecular complexity index is 907. The first-order chi connectivity index (χ1) is 15.8. The van der Waals surface area contributed by atoms with Crippen LogP contribution in [0.3, 0.4) is 0 Å². The maximum atomic E-state index is 12.8. The summed E-state index contributed by atoms with van der Waals surface area (Å²) in [5.41, 5.74) is 5.28. The highest BCUT2D eigenvalue weighted by Gasteiger charge is 2.29. The average molecular weight is 505 g/mol. The third-order valence-electron chi connectivity index (χ3n) is 7.72. The van der Waals surface area contributed by atoms with Gasteiger partial charge in [0.2, 0.25) is 5.91 Å². The highest BCUT2D eigenvalue weighted by atomic mass is 35.5. The van der Waals surface area contributed by atoms with Crippen LogP contribution >= 0.6 is 24.8 Å². The van der Waals surface area contributed by atoms with Crippen molar-refractivity contribution in [1.29, 1.82) is 0 Å². The largest absolute Gasteiger partial charge is 0.311 e. The molecule has 0 atom stereocenters. The van der Waals surface area contributed by atoms with E-state index in [1.54, 1.807) is 0 Å². The summed E-state index contributed by atoms with van der Waals surface area (Å²) in [5, 5.41) is 0. The molecule has 2 fully saturated rings. The molecule has 0 spiro atoms. The summed E-state index contributed by atoms with van der Waals surface area (Å²) in [5.74, 6) is 0.972. The molecule has 2 aromatic rings. The van der Waals surface area contributed by atoms with Gasteiger partial charge in [-0.2, -0.15) is 0 Å². The number of halogens is 2. The van der Waals surface area contributed by atoms with Crippen LogP contribution in [0.2, 0.25) is 0 Å². The lowest BCUT2D eigenvalue weighted by Crippen LogP contribution is -2.48. The van der Waals surface area contributed by atoms with E-state index in [9.17, 15) is 4.79 Å². The van der Waals surface area contributed by atoms with E-state index >= 15 is 0 Å². The highest BCUT2D eigenvalue weighted by molar-refractivity contribution is 6.01. The van der Waals surface area contributed by atoms with Crippen molar-refractivity contribution in [2.75, 3.05) is 44.2 Å². The predicted molar refractivity (Wildman–Crippen MR) is 146 cm³/mol. The zero-order valence-electron chi connectivity index (χ0n) is 20.2. The average Bonchev–Trinajstić information content (AvgIpc) is 2.97. The molecular weight excluding hydrogens is 465 g/mol. The minimum absolute atomic E-state index is 0. The number of hydrogen-bond donors (Lipinski definition) is 0. The van der Waals surface area contributed by atoms with Crippen molar-refractivity contribution in [3.8, 4) is 0 Å². The summed E-state index contributed by atoms with van der Waals surface area (Å²) in [6, 6.07) is 17.6. The SMILES string of the molecule is Cl.Cl.O=C1Cc2cc(C3CCCCCC3)ccc2N1CCN1CCN(Cc2ccccc2)CC1. The van der Waals surface area contributed by atoms with Crippen molar-refractivity contribution in [3.05, 3.63) is 65.2 Å². The van der Waals surface area contributed by atoms with Crippen molar-refractivity contribution in [2.45, 2.75) is 57.4 Å². The minimum atomic E-state index is 0. The quantitative estimate of drug-likeness (QED) is 0.474. The van der Waals surface area contributed by atoms with Crippen LogP contribution in [0.15, 0.2) is 48.5 Å². The summed E-state index contributed by atoms with van der Waals surface area (Å²) in [6.07, 6.45) is 8.68. The van der Waals surface area contributed by atoms with Gasteiger partial charge in [0.1, 0.15) is 0 Å². The zero-order valence-corrected chi connectivity index (χ0v) is 21.8. The summed E-state index contributed by atoms with van der Waals surface area (Å²) < 4.78 is 0. The fraction of sp³-hybridized carbons (Fsp3) is 0.536. The second kappa shape index (κ2) is 12.9. The van der Waals surface area contributed by atoms with E-state index in [0.717, 1.165) is 51.5 Å². The first-order valence-corrected chi connectivity index (χ1v) is 12.7. The van der Waals surface area contributed by atoms with E-state index in [2.05, 4.69) is 58.3 Å². The summed E-state index contributed by atoms with van der Waals surface area (Å²) in [6.45, 7) is 7.19. The maximum absolute atomic E-state index is 12.8. The van der Waals surface area contributed by atoms with Crippen LogP contribution in [-0.2, 0) is 17.8 Å². The molecule has 34 heavy (non-hydrogen) atoms. The Balaban J connectivity index is 0.00000162. The second-order valence-corrected chi connectivity index (χ2v) is 9.90. The molecule has 2 aliphatic heterocycles. The van der Waals surface area contributed by atoms with E-state index in [-0.39, 0.29) is 30.7 Å². The number of rotatable bonds is 6. The Morgan fingerprint density at radius 2 is 1.44 bits per heavy atom. The van der Waals surface area contributed by atoms with Gasteiger partial charge in [-0.3, -0.25) is 14.6 Å². The Morgan fingerprint density at radius 1 is 0.765 bits per heavy atom. The van der Waals surface area contributed by atoms with E-state index < -0.39 is 0 Å². The second-order valence-electron chi connectivity index (χ2n) is 9.90. The number of nitrogens with zero attached hydrogens (tertiary/aromatic N) is 3. The Kier molecular flexibility index (Phi) is 10.3. The molecule has 1 saturated heterocycles. The lowest BCUT2D eigenvalue weighted by atomic mass is 9.90. The molecule has 5 rings (SSSR count). The molecule has 0 N–H and O–H groups in total. The number of fused-ring (bicyclic) bond motifs is 1. The third-order valence-corrected chi connectivity index (χ3v) is 7.72. The topological polar surface area (TPSA) is 26.8 Å². The van der Waals surface area contributed by atoms with Gasteiger partial charge >= 0.3 is 0 Å². The number of hydrogen-bond acceptors (Lipinski definition) is 3. The molecule has 1 amide bonds. The van der Waals surface area contributed by atoms with Gasteiger partial charge in [0.25, 0.3) is 0 Å². The molecule has 0 bridgehead atoms. The van der Waals surface area contributed by atoms with Crippen LogP contribution in [0.25, 0.3) is 0 Å². The van der Waals surface area contributed by atoms with Crippen LogP contribution in [0.5, 0.6) is 0 Å². The highest BCUT2D eigenvalue weighted by Crippen LogP contribution is 2.36. The molecule has 2 heterocycles. The van der Waals surface area contributed by atoms with Gasteiger partial charge in [0.15, 0.2) is 0 Å². The molecule has 0 aromatic heterocycles. The number of carbonyl (C=O) groups is 1. The number of amides is 1. The van der Waals surface area contributed by atoms with Gasteiger partial charge in [-0.1, -0.05) is 68.1 Å². The fourth-order valence-corrected chi connectivity index (χ4v) is 5.77. The molecule has 2 aromatic carbocycles. The van der Waals surface area contributed by atoms with Gasteiger partial charge in [-0.25, -0.2) is 0 Å². The van der Waals surface area contributed by atoms with Crippen LogP contribution in [-0.4, -0.2) is 55.0 Å². The number of carbonyl (C=O) groups excluding carboxylic acids is 1. The Morgan fingerprint density at radius 3 is 2.15 bits per heavy atom. The monoisotopic (exact) mass is 503 g/mol. The Hall–Kier alpha value is -1.59. The fourth-order valence-electron chi connectivity index (χ4n) is 5.77. The number of anilines is 1. The molecular formula is C28H39Cl2N3O. The lowest BCUT2D eigenvalue weighted by molar-refractivity contribution is -0.117. The standard InChI is InChI=1S/C28H37N3O.2ClH/c32-28-21-26-20-25(24-10-6-1-2-7-11-24)12-13-27(26)31(28)19-18-29-14-16-30(17-15-29)22-23-8-4-3-5-9-23;;/h3-5,8-9,12-13,20,24H,1-2,6-7,10-11,14-19,21-22H2;2*1H. The van der Waals surface area contributed by atoms with E-state index in [1.807, 2.05) is 4.90 Å². The molecule has 3 aliphatic rings. The molecule has 6 heteroatoms. The predicted octanol–water partition coefficient (Wildman–Crippen LogP) is 5.67. The molecule has 1 saturated carbocycles. The number of benzene rings is 2. The first kappa shape index (κ1) is 27.0. The number of piperazine rings is 1. The van der Waals surface area contributed by atoms with Crippen molar-refractivity contribution in [2.24, 2.45) is 0 Å². The summed E-state index contributed by atoms with van der Waals surface area (Å²) in [4.78, 5) is 19.9. The molecule has 0 radical (unpaired) electrons. The van der Waals surface area contributed by atoms with Crippen molar-refractivity contribution in [3.63, 3.8) is 0 Å². The van der Waals surface area contributed by atoms with Crippen LogP contribution in [0, 0.1) is 0 Å². The molecule has 0 unspecified atom stereocenters. The van der Waals surface area contributed by atoms with Gasteiger partial charge < -0.3 is 4.90 Å². The molecule has 4 nitrogen and oxygen atoms in total. The normalized spacial score (nSPS) is 19.8. The van der Waals surface area contributed by atoms with Crippen LogP contribution < -0.4 is 4.90 Å². The lowest BCUT2D eigenvalue weighted by Gasteiger charge is -2.35. The Labute approximate surface area is 217 Å². The maximum Gasteiger partial charge on any atom is 0.231 e. The first-order valence-electron chi connectivity index (χ1n) is 12.7. The van der Waals surface area contributed by atoms with Gasteiger partial charge in [-0.05, 0) is 41.5 Å². The zero-order chi connectivity index (χ0) is 21.8. The van der Waals surface area contributed by atoms with E-state index in [4.69, 9.17) is 0 Å². The van der Waals surface area contributed by atoms with Crippen molar-refractivity contribution < 1.29 is 4.79 Å². The molecule has 186 valence electrons. The van der Waals surface area contributed by atoms with Crippen molar-refractivity contribution in [1.82, 2.24) is 9.80 Å². The molecule has 1 aliphatic carbocycles. The summed E-state index contributed by atoms with van der Waals surface area (Å²) >= 11 is 0. The summed E-state index contributed by atoms with van der Waals surface area (Å²) in [7, 11) is 0.